The molecule has 0 aliphatic carbocycles. The van der Waals surface area contributed by atoms with E-state index in [4.69, 9.17) is 16.6 Å². The standard InChI is InChI=1S/C21H30ClN7/c1-2-23-20(24-11-8-18-6-3-4-7-19(18)22)25-12-13-28-14-16-29(17-15-28)21-26-9-5-10-27-21/h3-7,9-10H,2,8,11-17H2,1H3,(H2,23,24,25). The summed E-state index contributed by atoms with van der Waals surface area (Å²) in [5, 5.41) is 7.53. The summed E-state index contributed by atoms with van der Waals surface area (Å²) in [5.74, 6) is 1.68. The number of anilines is 1. The van der Waals surface area contributed by atoms with Crippen molar-refractivity contribution in [3.63, 3.8) is 0 Å². The normalized spacial score (nSPS) is 15.4. The molecule has 1 aromatic heterocycles. The molecule has 1 aliphatic rings. The highest BCUT2D eigenvalue weighted by molar-refractivity contribution is 6.31. The van der Waals surface area contributed by atoms with Crippen LogP contribution in [0.25, 0.3) is 0 Å². The highest BCUT2D eigenvalue weighted by Crippen LogP contribution is 2.14. The van der Waals surface area contributed by atoms with Crippen LogP contribution in [0.4, 0.5) is 5.95 Å². The van der Waals surface area contributed by atoms with Crippen molar-refractivity contribution in [3.8, 4) is 0 Å². The predicted octanol–water partition coefficient (Wildman–Crippen LogP) is 2.05. The van der Waals surface area contributed by atoms with Crippen LogP contribution in [0.3, 0.4) is 0 Å². The van der Waals surface area contributed by atoms with E-state index >= 15 is 0 Å². The highest BCUT2D eigenvalue weighted by atomic mass is 35.5. The predicted molar refractivity (Wildman–Crippen MR) is 120 cm³/mol. The van der Waals surface area contributed by atoms with Crippen LogP contribution in [0.15, 0.2) is 47.7 Å². The minimum Gasteiger partial charge on any atom is -0.357 e. The third kappa shape index (κ3) is 6.87. The Hall–Kier alpha value is -2.38. The molecule has 1 saturated heterocycles. The molecule has 1 fully saturated rings. The summed E-state index contributed by atoms with van der Waals surface area (Å²) in [6.07, 6.45) is 4.46. The van der Waals surface area contributed by atoms with Crippen LogP contribution in [0.1, 0.15) is 12.5 Å². The molecule has 8 heteroatoms. The van der Waals surface area contributed by atoms with Gasteiger partial charge in [0, 0.05) is 63.2 Å². The molecular formula is C21H30ClN7. The number of nitrogens with zero attached hydrogens (tertiary/aromatic N) is 5. The summed E-state index contributed by atoms with van der Waals surface area (Å²) >= 11 is 6.23. The fraction of sp³-hybridized carbons (Fsp3) is 0.476. The van der Waals surface area contributed by atoms with Crippen molar-refractivity contribution in [2.24, 2.45) is 4.99 Å². The highest BCUT2D eigenvalue weighted by Gasteiger charge is 2.18. The van der Waals surface area contributed by atoms with Gasteiger partial charge in [-0.3, -0.25) is 9.89 Å². The Morgan fingerprint density at radius 2 is 1.83 bits per heavy atom. The van der Waals surface area contributed by atoms with E-state index < -0.39 is 0 Å². The Morgan fingerprint density at radius 1 is 1.07 bits per heavy atom. The summed E-state index contributed by atoms with van der Waals surface area (Å²) in [4.78, 5) is 18.1. The Kier molecular flexibility index (Phi) is 8.52. The first-order valence-electron chi connectivity index (χ1n) is 10.3. The summed E-state index contributed by atoms with van der Waals surface area (Å²) in [7, 11) is 0. The zero-order valence-corrected chi connectivity index (χ0v) is 17.8. The van der Waals surface area contributed by atoms with Gasteiger partial charge in [0.2, 0.25) is 5.95 Å². The van der Waals surface area contributed by atoms with Crippen LogP contribution in [-0.2, 0) is 6.42 Å². The lowest BCUT2D eigenvalue weighted by atomic mass is 10.1. The van der Waals surface area contributed by atoms with E-state index in [0.29, 0.717) is 0 Å². The number of benzene rings is 1. The minimum atomic E-state index is 0.767. The van der Waals surface area contributed by atoms with Crippen LogP contribution in [0, 0.1) is 0 Å². The second-order valence-electron chi connectivity index (χ2n) is 6.91. The molecule has 0 amide bonds. The molecule has 2 aromatic rings. The van der Waals surface area contributed by atoms with E-state index in [9.17, 15) is 0 Å². The fourth-order valence-electron chi connectivity index (χ4n) is 3.29. The number of piperazine rings is 1. The number of nitrogens with one attached hydrogen (secondary N) is 2. The van der Waals surface area contributed by atoms with E-state index in [1.165, 1.54) is 0 Å². The van der Waals surface area contributed by atoms with E-state index in [0.717, 1.165) is 81.3 Å². The zero-order chi connectivity index (χ0) is 20.3. The molecule has 29 heavy (non-hydrogen) atoms. The second kappa shape index (κ2) is 11.6. The van der Waals surface area contributed by atoms with Crippen molar-refractivity contribution in [3.05, 3.63) is 53.3 Å². The number of hydrogen-bond donors (Lipinski definition) is 2. The van der Waals surface area contributed by atoms with Crippen LogP contribution in [0.5, 0.6) is 0 Å². The van der Waals surface area contributed by atoms with Crippen molar-refractivity contribution in [1.82, 2.24) is 25.5 Å². The number of halogens is 1. The third-order valence-electron chi connectivity index (χ3n) is 4.88. The maximum atomic E-state index is 6.23. The molecule has 1 aromatic carbocycles. The molecule has 0 atom stereocenters. The largest absolute Gasteiger partial charge is 0.357 e. The Balaban J connectivity index is 1.39. The van der Waals surface area contributed by atoms with Gasteiger partial charge in [-0.05, 0) is 31.0 Å². The van der Waals surface area contributed by atoms with Gasteiger partial charge >= 0.3 is 0 Å². The first kappa shape index (κ1) is 21.3. The van der Waals surface area contributed by atoms with E-state index in [1.807, 2.05) is 24.3 Å². The number of guanidine groups is 1. The molecule has 2 N–H and O–H groups in total. The van der Waals surface area contributed by atoms with E-state index in [1.54, 1.807) is 12.4 Å². The van der Waals surface area contributed by atoms with Crippen molar-refractivity contribution in [2.45, 2.75) is 13.3 Å². The van der Waals surface area contributed by atoms with Crippen molar-refractivity contribution < 1.29 is 0 Å². The summed E-state index contributed by atoms with van der Waals surface area (Å²) in [6, 6.07) is 9.82. The molecule has 0 spiro atoms. The van der Waals surface area contributed by atoms with Crippen LogP contribution < -0.4 is 15.5 Å². The maximum Gasteiger partial charge on any atom is 0.225 e. The van der Waals surface area contributed by atoms with Gasteiger partial charge in [-0.2, -0.15) is 0 Å². The van der Waals surface area contributed by atoms with Gasteiger partial charge in [0.15, 0.2) is 5.96 Å². The van der Waals surface area contributed by atoms with Gasteiger partial charge in [0.05, 0.1) is 6.54 Å². The van der Waals surface area contributed by atoms with E-state index in [-0.39, 0.29) is 0 Å². The molecule has 2 heterocycles. The van der Waals surface area contributed by atoms with Gasteiger partial charge in [-0.25, -0.2) is 9.97 Å². The molecule has 7 nitrogen and oxygen atoms in total. The van der Waals surface area contributed by atoms with Gasteiger partial charge in [-0.15, -0.1) is 0 Å². The molecule has 156 valence electrons. The Morgan fingerprint density at radius 3 is 2.55 bits per heavy atom. The lowest BCUT2D eigenvalue weighted by Gasteiger charge is -2.34. The van der Waals surface area contributed by atoms with Crippen LogP contribution >= 0.6 is 11.6 Å². The van der Waals surface area contributed by atoms with Crippen molar-refractivity contribution in [2.75, 3.05) is 57.3 Å². The first-order chi connectivity index (χ1) is 14.3. The fourth-order valence-corrected chi connectivity index (χ4v) is 3.52. The minimum absolute atomic E-state index is 0.767. The average Bonchev–Trinajstić information content (AvgIpc) is 2.76. The number of rotatable bonds is 8. The third-order valence-corrected chi connectivity index (χ3v) is 5.25. The number of hydrogen-bond acceptors (Lipinski definition) is 5. The van der Waals surface area contributed by atoms with Crippen molar-refractivity contribution >= 4 is 23.5 Å². The van der Waals surface area contributed by atoms with Gasteiger partial charge in [0.25, 0.3) is 0 Å². The van der Waals surface area contributed by atoms with Gasteiger partial charge in [-0.1, -0.05) is 29.8 Å². The lowest BCUT2D eigenvalue weighted by Crippen LogP contribution is -2.47. The monoisotopic (exact) mass is 415 g/mol. The first-order valence-corrected chi connectivity index (χ1v) is 10.6. The van der Waals surface area contributed by atoms with Gasteiger partial charge in [0.1, 0.15) is 0 Å². The maximum absolute atomic E-state index is 6.23. The quantitative estimate of drug-likeness (QED) is 0.508. The SMILES string of the molecule is CCNC(=NCCN1CCN(c2ncccn2)CC1)NCCc1ccccc1Cl. The molecule has 0 saturated carbocycles. The Bertz CT molecular complexity index is 761. The topological polar surface area (TPSA) is 68.7 Å². The Labute approximate surface area is 178 Å². The lowest BCUT2D eigenvalue weighted by molar-refractivity contribution is 0.263. The number of aromatic nitrogens is 2. The smallest absolute Gasteiger partial charge is 0.225 e. The average molecular weight is 416 g/mol. The van der Waals surface area contributed by atoms with Crippen LogP contribution in [-0.4, -0.2) is 73.2 Å². The summed E-state index contributed by atoms with van der Waals surface area (Å²) in [5.41, 5.74) is 1.15. The van der Waals surface area contributed by atoms with E-state index in [2.05, 4.69) is 43.4 Å². The summed E-state index contributed by atoms with van der Waals surface area (Å²) in [6.45, 7) is 9.34. The van der Waals surface area contributed by atoms with Crippen LogP contribution in [0.2, 0.25) is 5.02 Å². The second-order valence-corrected chi connectivity index (χ2v) is 7.31. The van der Waals surface area contributed by atoms with Crippen molar-refractivity contribution in [1.29, 1.82) is 0 Å². The molecule has 0 radical (unpaired) electrons. The van der Waals surface area contributed by atoms with Gasteiger partial charge < -0.3 is 15.5 Å². The number of aliphatic imine (C=N–C) groups is 1. The summed E-state index contributed by atoms with van der Waals surface area (Å²) < 4.78 is 0. The molecule has 1 aliphatic heterocycles. The molecule has 0 bridgehead atoms. The molecular weight excluding hydrogens is 386 g/mol. The molecule has 3 rings (SSSR count). The molecule has 0 unspecified atom stereocenters. The zero-order valence-electron chi connectivity index (χ0n) is 17.0.